The molecule has 0 aromatic heterocycles. The summed E-state index contributed by atoms with van der Waals surface area (Å²) in [6.07, 6.45) is 15.8. The Bertz CT molecular complexity index is 685. The molecule has 0 saturated heterocycles. The maximum absolute atomic E-state index is 11.9. The van der Waals surface area contributed by atoms with Crippen LogP contribution in [0.4, 0.5) is 0 Å². The molecule has 0 unspecified atom stereocenters. The highest BCUT2D eigenvalue weighted by atomic mass is 16.5. The summed E-state index contributed by atoms with van der Waals surface area (Å²) in [6, 6.07) is 0. The average molecular weight is 400 g/mol. The summed E-state index contributed by atoms with van der Waals surface area (Å²) in [7, 11) is 0. The van der Waals surface area contributed by atoms with Crippen molar-refractivity contribution in [1.82, 2.24) is 4.90 Å². The monoisotopic (exact) mass is 399 g/mol. The van der Waals surface area contributed by atoms with Crippen molar-refractivity contribution in [1.29, 1.82) is 0 Å². The lowest BCUT2D eigenvalue weighted by atomic mass is 9.72. The Hall–Kier alpha value is -1.87. The van der Waals surface area contributed by atoms with E-state index in [2.05, 4.69) is 64.7 Å². The van der Waals surface area contributed by atoms with Crippen LogP contribution < -0.4 is 0 Å². The number of allylic oxidation sites excluding steroid dienone is 9. The first-order valence-electron chi connectivity index (χ1n) is 11.0. The summed E-state index contributed by atoms with van der Waals surface area (Å²) in [4.78, 5) is 14.1. The van der Waals surface area contributed by atoms with E-state index >= 15 is 0 Å². The Balaban J connectivity index is 2.58. The quantitative estimate of drug-likeness (QED) is 0.242. The first-order valence-corrected chi connectivity index (χ1v) is 11.0. The van der Waals surface area contributed by atoms with Crippen LogP contribution in [0.3, 0.4) is 0 Å². The van der Waals surface area contributed by atoms with Crippen LogP contribution >= 0.6 is 0 Å². The molecule has 1 aliphatic carbocycles. The number of hydrogen-bond donors (Lipinski definition) is 0. The van der Waals surface area contributed by atoms with Gasteiger partial charge in [-0.05, 0) is 69.7 Å². The predicted octanol–water partition coefficient (Wildman–Crippen LogP) is 6.40. The van der Waals surface area contributed by atoms with Crippen LogP contribution in [-0.4, -0.2) is 37.1 Å². The zero-order valence-corrected chi connectivity index (χ0v) is 19.7. The van der Waals surface area contributed by atoms with Crippen molar-refractivity contribution in [2.24, 2.45) is 5.41 Å². The third-order valence-electron chi connectivity index (χ3n) is 5.67. The van der Waals surface area contributed by atoms with E-state index in [1.54, 1.807) is 6.08 Å². The van der Waals surface area contributed by atoms with Gasteiger partial charge in [-0.25, -0.2) is 4.79 Å². The van der Waals surface area contributed by atoms with Crippen LogP contribution in [-0.2, 0) is 9.53 Å². The molecule has 29 heavy (non-hydrogen) atoms. The van der Waals surface area contributed by atoms with E-state index in [1.165, 1.54) is 36.0 Å². The number of carbonyl (C=O) groups excluding carboxylic acids is 1. The second-order valence-corrected chi connectivity index (χ2v) is 8.62. The maximum atomic E-state index is 11.9. The SMILES string of the molecule is CCN(CC)CCOC(=O)\C=C(C)/C=C/C=C(C)/C=C/C1=C(C)CCCC1(C)C. The first kappa shape index (κ1) is 25.2. The Morgan fingerprint density at radius 3 is 2.45 bits per heavy atom. The number of hydrogen-bond acceptors (Lipinski definition) is 3. The summed E-state index contributed by atoms with van der Waals surface area (Å²) in [5, 5.41) is 0. The molecule has 0 radical (unpaired) electrons. The number of nitrogens with zero attached hydrogens (tertiary/aromatic N) is 1. The van der Waals surface area contributed by atoms with E-state index in [4.69, 9.17) is 4.74 Å². The van der Waals surface area contributed by atoms with E-state index in [-0.39, 0.29) is 11.4 Å². The minimum Gasteiger partial charge on any atom is -0.461 e. The zero-order valence-electron chi connectivity index (χ0n) is 19.7. The summed E-state index contributed by atoms with van der Waals surface area (Å²) in [5.74, 6) is -0.276. The largest absolute Gasteiger partial charge is 0.461 e. The van der Waals surface area contributed by atoms with Gasteiger partial charge < -0.3 is 9.64 Å². The molecule has 0 aromatic carbocycles. The third-order valence-corrected chi connectivity index (χ3v) is 5.67. The topological polar surface area (TPSA) is 29.5 Å². The molecule has 3 nitrogen and oxygen atoms in total. The van der Waals surface area contributed by atoms with E-state index in [1.807, 2.05) is 19.1 Å². The summed E-state index contributed by atoms with van der Waals surface area (Å²) < 4.78 is 5.29. The van der Waals surface area contributed by atoms with Crippen molar-refractivity contribution >= 4 is 5.97 Å². The molecule has 0 atom stereocenters. The third kappa shape index (κ3) is 9.45. The van der Waals surface area contributed by atoms with Gasteiger partial charge in [-0.15, -0.1) is 0 Å². The van der Waals surface area contributed by atoms with Crippen LogP contribution in [0.2, 0.25) is 0 Å². The molecule has 1 rings (SSSR count). The molecule has 0 bridgehead atoms. The first-order chi connectivity index (χ1) is 13.7. The Labute approximate surface area is 178 Å². The van der Waals surface area contributed by atoms with Gasteiger partial charge in [-0.1, -0.05) is 69.2 Å². The summed E-state index contributed by atoms with van der Waals surface area (Å²) in [5.41, 5.74) is 5.33. The van der Waals surface area contributed by atoms with E-state index in [0.29, 0.717) is 6.61 Å². The normalized spacial score (nSPS) is 18.3. The Morgan fingerprint density at radius 2 is 1.83 bits per heavy atom. The molecule has 3 heteroatoms. The van der Waals surface area contributed by atoms with E-state index in [9.17, 15) is 4.79 Å². The molecular formula is C26H41NO2. The van der Waals surface area contributed by atoms with Gasteiger partial charge in [-0.2, -0.15) is 0 Å². The van der Waals surface area contributed by atoms with Gasteiger partial charge in [0.2, 0.25) is 0 Å². The second-order valence-electron chi connectivity index (χ2n) is 8.62. The fourth-order valence-electron chi connectivity index (χ4n) is 3.72. The van der Waals surface area contributed by atoms with Crippen molar-refractivity contribution in [2.45, 2.75) is 67.7 Å². The number of esters is 1. The second kappa shape index (κ2) is 12.6. The standard InChI is InChI=1S/C26H41NO2/c1-8-27(9-2)18-19-29-25(28)20-22(4)13-10-12-21(3)15-16-24-23(5)14-11-17-26(24,6)7/h10,12-13,15-16,20H,8-9,11,14,17-19H2,1-7H3/b13-10+,16-15+,21-12+,22-20-. The summed E-state index contributed by atoms with van der Waals surface area (Å²) in [6.45, 7) is 18.3. The van der Waals surface area contributed by atoms with Crippen molar-refractivity contribution in [2.75, 3.05) is 26.2 Å². The molecule has 162 valence electrons. The molecule has 0 N–H and O–H groups in total. The molecule has 0 aromatic rings. The van der Waals surface area contributed by atoms with Gasteiger partial charge >= 0.3 is 5.97 Å². The van der Waals surface area contributed by atoms with Crippen molar-refractivity contribution < 1.29 is 9.53 Å². The van der Waals surface area contributed by atoms with Crippen molar-refractivity contribution in [3.63, 3.8) is 0 Å². The molecule has 0 saturated carbocycles. The molecular weight excluding hydrogens is 358 g/mol. The van der Waals surface area contributed by atoms with Crippen LogP contribution in [0.1, 0.15) is 67.7 Å². The minimum atomic E-state index is -0.276. The highest BCUT2D eigenvalue weighted by Crippen LogP contribution is 2.40. The minimum absolute atomic E-state index is 0.264. The number of carbonyl (C=O) groups is 1. The van der Waals surface area contributed by atoms with Gasteiger partial charge in [0.1, 0.15) is 6.61 Å². The molecule has 1 aliphatic rings. The van der Waals surface area contributed by atoms with Crippen molar-refractivity contribution in [3.8, 4) is 0 Å². The number of rotatable bonds is 10. The lowest BCUT2D eigenvalue weighted by Gasteiger charge is -2.32. The average Bonchev–Trinajstić information content (AvgIpc) is 2.64. The van der Waals surface area contributed by atoms with E-state index < -0.39 is 0 Å². The Kier molecular flexibility index (Phi) is 11.0. The number of likely N-dealkylation sites (N-methyl/N-ethyl adjacent to an activating group) is 1. The van der Waals surface area contributed by atoms with Gasteiger partial charge in [0, 0.05) is 12.6 Å². The highest BCUT2D eigenvalue weighted by molar-refractivity contribution is 5.83. The molecule has 0 amide bonds. The fraction of sp³-hybridized carbons (Fsp3) is 0.577. The van der Waals surface area contributed by atoms with E-state index in [0.717, 1.165) is 25.2 Å². The lowest BCUT2D eigenvalue weighted by molar-refractivity contribution is -0.138. The summed E-state index contributed by atoms with van der Waals surface area (Å²) >= 11 is 0. The van der Waals surface area contributed by atoms with Crippen LogP contribution in [0.5, 0.6) is 0 Å². The molecule has 0 aliphatic heterocycles. The molecule has 0 spiro atoms. The fourth-order valence-corrected chi connectivity index (χ4v) is 3.72. The van der Waals surface area contributed by atoms with Crippen molar-refractivity contribution in [3.05, 3.63) is 58.7 Å². The smallest absolute Gasteiger partial charge is 0.331 e. The van der Waals surface area contributed by atoms with Crippen LogP contribution in [0, 0.1) is 5.41 Å². The molecule has 0 fully saturated rings. The maximum Gasteiger partial charge on any atom is 0.331 e. The highest BCUT2D eigenvalue weighted by Gasteiger charge is 2.26. The lowest BCUT2D eigenvalue weighted by Crippen LogP contribution is -2.27. The van der Waals surface area contributed by atoms with Gasteiger partial charge in [0.05, 0.1) is 0 Å². The van der Waals surface area contributed by atoms with Gasteiger partial charge in [-0.3, -0.25) is 0 Å². The molecule has 0 heterocycles. The predicted molar refractivity (Wildman–Crippen MR) is 125 cm³/mol. The van der Waals surface area contributed by atoms with Gasteiger partial charge in [0.15, 0.2) is 0 Å². The number of ether oxygens (including phenoxy) is 1. The van der Waals surface area contributed by atoms with Gasteiger partial charge in [0.25, 0.3) is 0 Å². The Morgan fingerprint density at radius 1 is 1.14 bits per heavy atom. The van der Waals surface area contributed by atoms with Crippen LogP contribution in [0.25, 0.3) is 0 Å². The zero-order chi connectivity index (χ0) is 21.9. The van der Waals surface area contributed by atoms with Crippen LogP contribution in [0.15, 0.2) is 58.7 Å².